The van der Waals surface area contributed by atoms with Crippen molar-refractivity contribution in [2.45, 2.75) is 45.8 Å². The number of halogens is 1. The number of carbonyl (C=O) groups excluding carboxylic acids is 2. The molecule has 2 N–H and O–H groups in total. The van der Waals surface area contributed by atoms with E-state index in [4.69, 9.17) is 11.6 Å². The van der Waals surface area contributed by atoms with Crippen LogP contribution in [0.3, 0.4) is 0 Å². The number of amides is 2. The van der Waals surface area contributed by atoms with Gasteiger partial charge in [-0.3, -0.25) is 9.59 Å². The van der Waals surface area contributed by atoms with Crippen LogP contribution in [0.5, 0.6) is 0 Å². The molecular weight excluding hydrogens is 446 g/mol. The van der Waals surface area contributed by atoms with Gasteiger partial charge in [0.15, 0.2) is 5.16 Å². The zero-order chi connectivity index (χ0) is 23.3. The molecule has 0 radical (unpaired) electrons. The number of aryl methyl sites for hydroxylation is 3. The topological polar surface area (TPSA) is 88.9 Å². The molecule has 32 heavy (non-hydrogen) atoms. The van der Waals surface area contributed by atoms with Crippen LogP contribution in [0.25, 0.3) is 0 Å². The summed E-state index contributed by atoms with van der Waals surface area (Å²) in [5.41, 5.74) is 4.62. The van der Waals surface area contributed by atoms with Gasteiger partial charge in [0, 0.05) is 12.2 Å². The van der Waals surface area contributed by atoms with Crippen molar-refractivity contribution in [1.82, 2.24) is 14.8 Å². The Kier molecular flexibility index (Phi) is 7.93. The summed E-state index contributed by atoms with van der Waals surface area (Å²) in [4.78, 5) is 25.0. The lowest BCUT2D eigenvalue weighted by molar-refractivity contribution is -0.116. The first kappa shape index (κ1) is 23.8. The van der Waals surface area contributed by atoms with Crippen molar-refractivity contribution in [2.24, 2.45) is 0 Å². The largest absolute Gasteiger partial charge is 0.325 e. The fourth-order valence-corrected chi connectivity index (χ4v) is 4.46. The SMILES string of the molecule is CCn1c(CC(=O)Nc2ccccc2Cl)nnc1SCC(=O)Nc1c(C)cc(C)cc1C. The Bertz CT molecular complexity index is 1120. The standard InChI is InChI=1S/C23H26ClN5O2S/c1-5-29-19(12-20(30)25-18-9-7-6-8-17(18)24)27-28-23(29)32-13-21(31)26-22-15(3)10-14(2)11-16(22)4/h6-11H,5,12-13H2,1-4H3,(H,25,30)(H,26,31). The summed E-state index contributed by atoms with van der Waals surface area (Å²) < 4.78 is 1.84. The number of rotatable bonds is 8. The Morgan fingerprint density at radius 2 is 1.72 bits per heavy atom. The molecular formula is C23H26ClN5O2S. The Labute approximate surface area is 197 Å². The lowest BCUT2D eigenvalue weighted by Gasteiger charge is -2.13. The maximum Gasteiger partial charge on any atom is 0.234 e. The molecule has 0 spiro atoms. The van der Waals surface area contributed by atoms with Gasteiger partial charge in [-0.05, 0) is 51.0 Å². The number of para-hydroxylation sites is 1. The van der Waals surface area contributed by atoms with E-state index in [1.165, 1.54) is 11.8 Å². The van der Waals surface area contributed by atoms with Crippen LogP contribution >= 0.6 is 23.4 Å². The Morgan fingerprint density at radius 3 is 2.38 bits per heavy atom. The average Bonchev–Trinajstić information content (AvgIpc) is 3.12. The van der Waals surface area contributed by atoms with Gasteiger partial charge in [-0.2, -0.15) is 0 Å². The van der Waals surface area contributed by atoms with E-state index in [1.807, 2.05) is 44.4 Å². The van der Waals surface area contributed by atoms with E-state index in [9.17, 15) is 9.59 Å². The second-order valence-electron chi connectivity index (χ2n) is 7.46. The van der Waals surface area contributed by atoms with E-state index in [-0.39, 0.29) is 24.0 Å². The van der Waals surface area contributed by atoms with Crippen LogP contribution in [0.1, 0.15) is 29.4 Å². The van der Waals surface area contributed by atoms with Gasteiger partial charge in [0.25, 0.3) is 0 Å². The van der Waals surface area contributed by atoms with Crippen molar-refractivity contribution >= 4 is 46.6 Å². The van der Waals surface area contributed by atoms with Gasteiger partial charge in [0.1, 0.15) is 5.82 Å². The number of nitrogens with one attached hydrogen (secondary N) is 2. The van der Waals surface area contributed by atoms with Crippen LogP contribution in [0, 0.1) is 20.8 Å². The highest BCUT2D eigenvalue weighted by Crippen LogP contribution is 2.24. The number of hydrogen-bond donors (Lipinski definition) is 2. The second-order valence-corrected chi connectivity index (χ2v) is 8.81. The second kappa shape index (κ2) is 10.7. The van der Waals surface area contributed by atoms with Gasteiger partial charge >= 0.3 is 0 Å². The molecule has 9 heteroatoms. The molecule has 168 valence electrons. The molecule has 0 fully saturated rings. The van der Waals surface area contributed by atoms with Gasteiger partial charge in [-0.15, -0.1) is 10.2 Å². The van der Waals surface area contributed by atoms with E-state index >= 15 is 0 Å². The molecule has 1 aromatic heterocycles. The molecule has 1 heterocycles. The fraction of sp³-hybridized carbons (Fsp3) is 0.304. The summed E-state index contributed by atoms with van der Waals surface area (Å²) in [6.45, 7) is 8.53. The molecule has 3 rings (SSSR count). The van der Waals surface area contributed by atoms with E-state index < -0.39 is 0 Å². The van der Waals surface area contributed by atoms with Crippen LogP contribution < -0.4 is 10.6 Å². The molecule has 2 aromatic carbocycles. The average molecular weight is 472 g/mol. The first-order chi connectivity index (χ1) is 15.3. The third-order valence-corrected chi connectivity index (χ3v) is 6.15. The third kappa shape index (κ3) is 5.89. The van der Waals surface area contributed by atoms with Gasteiger partial charge in [0.2, 0.25) is 11.8 Å². The van der Waals surface area contributed by atoms with Crippen molar-refractivity contribution in [2.75, 3.05) is 16.4 Å². The summed E-state index contributed by atoms with van der Waals surface area (Å²) in [7, 11) is 0. The molecule has 7 nitrogen and oxygen atoms in total. The summed E-state index contributed by atoms with van der Waals surface area (Å²) in [6, 6.07) is 11.1. The van der Waals surface area contributed by atoms with E-state index in [0.717, 1.165) is 22.4 Å². The van der Waals surface area contributed by atoms with Crippen LogP contribution in [-0.2, 0) is 22.6 Å². The zero-order valence-corrected chi connectivity index (χ0v) is 20.1. The Hall–Kier alpha value is -2.84. The number of anilines is 2. The fourth-order valence-electron chi connectivity index (χ4n) is 3.46. The smallest absolute Gasteiger partial charge is 0.234 e. The van der Waals surface area contributed by atoms with E-state index in [1.54, 1.807) is 24.3 Å². The predicted molar refractivity (Wildman–Crippen MR) is 129 cm³/mol. The highest BCUT2D eigenvalue weighted by Gasteiger charge is 2.17. The zero-order valence-electron chi connectivity index (χ0n) is 18.5. The van der Waals surface area contributed by atoms with Crippen molar-refractivity contribution in [1.29, 1.82) is 0 Å². The van der Waals surface area contributed by atoms with Crippen molar-refractivity contribution < 1.29 is 9.59 Å². The predicted octanol–water partition coefficient (Wildman–Crippen LogP) is 4.79. The number of hydrogen-bond acceptors (Lipinski definition) is 5. The number of thioether (sulfide) groups is 1. The van der Waals surface area contributed by atoms with Gasteiger partial charge < -0.3 is 15.2 Å². The molecule has 0 aliphatic carbocycles. The highest BCUT2D eigenvalue weighted by atomic mass is 35.5. The summed E-state index contributed by atoms with van der Waals surface area (Å²) in [6.07, 6.45) is 0.0561. The first-order valence-corrected chi connectivity index (χ1v) is 11.6. The normalized spacial score (nSPS) is 10.8. The minimum Gasteiger partial charge on any atom is -0.325 e. The summed E-state index contributed by atoms with van der Waals surface area (Å²) in [5, 5.41) is 15.2. The Morgan fingerprint density at radius 1 is 1.03 bits per heavy atom. The van der Waals surface area contributed by atoms with Gasteiger partial charge in [0.05, 0.1) is 22.9 Å². The molecule has 0 aliphatic rings. The van der Waals surface area contributed by atoms with Crippen molar-refractivity contribution in [3.63, 3.8) is 0 Å². The Balaban J connectivity index is 1.62. The van der Waals surface area contributed by atoms with Crippen LogP contribution in [0.4, 0.5) is 11.4 Å². The molecule has 3 aromatic rings. The van der Waals surface area contributed by atoms with Crippen molar-refractivity contribution in [3.8, 4) is 0 Å². The molecule has 0 atom stereocenters. The maximum atomic E-state index is 12.5. The molecule has 0 unspecified atom stereocenters. The molecule has 0 saturated carbocycles. The first-order valence-electron chi connectivity index (χ1n) is 10.3. The van der Waals surface area contributed by atoms with Crippen LogP contribution in [0.2, 0.25) is 5.02 Å². The minimum absolute atomic E-state index is 0.0561. The summed E-state index contributed by atoms with van der Waals surface area (Å²) >= 11 is 7.39. The molecule has 0 bridgehead atoms. The molecule has 2 amide bonds. The van der Waals surface area contributed by atoms with Gasteiger partial charge in [-0.25, -0.2) is 0 Å². The third-order valence-electron chi connectivity index (χ3n) is 4.85. The quantitative estimate of drug-likeness (QED) is 0.461. The van der Waals surface area contributed by atoms with Gasteiger partial charge in [-0.1, -0.05) is 53.2 Å². The van der Waals surface area contributed by atoms with Crippen LogP contribution in [-0.4, -0.2) is 32.3 Å². The van der Waals surface area contributed by atoms with E-state index in [0.29, 0.717) is 28.2 Å². The summed E-state index contributed by atoms with van der Waals surface area (Å²) in [5.74, 6) is 0.371. The van der Waals surface area contributed by atoms with E-state index in [2.05, 4.69) is 20.8 Å². The minimum atomic E-state index is -0.236. The number of aromatic nitrogens is 3. The highest BCUT2D eigenvalue weighted by molar-refractivity contribution is 7.99. The number of carbonyl (C=O) groups is 2. The number of nitrogens with zero attached hydrogens (tertiary/aromatic N) is 3. The van der Waals surface area contributed by atoms with Crippen LogP contribution in [0.15, 0.2) is 41.6 Å². The number of benzene rings is 2. The molecule has 0 aliphatic heterocycles. The lowest BCUT2D eigenvalue weighted by atomic mass is 10.1. The maximum absolute atomic E-state index is 12.5. The lowest BCUT2D eigenvalue weighted by Crippen LogP contribution is -2.18. The monoisotopic (exact) mass is 471 g/mol. The van der Waals surface area contributed by atoms with Crippen molar-refractivity contribution in [3.05, 3.63) is 63.9 Å². The molecule has 0 saturated heterocycles.